The number of benzene rings is 1. The average molecular weight is 260 g/mol. The molecule has 104 valence electrons. The second-order valence-corrected chi connectivity index (χ2v) is 5.48. The molecule has 0 aliphatic carbocycles. The van der Waals surface area contributed by atoms with Crippen molar-refractivity contribution in [2.24, 2.45) is 5.92 Å². The molecule has 0 amide bonds. The number of hydrogen-bond donors (Lipinski definition) is 0. The summed E-state index contributed by atoms with van der Waals surface area (Å²) in [6.07, 6.45) is 4.83. The Morgan fingerprint density at radius 2 is 1.95 bits per heavy atom. The zero-order valence-electron chi connectivity index (χ0n) is 11.8. The molecule has 2 nitrogen and oxygen atoms in total. The van der Waals surface area contributed by atoms with Gasteiger partial charge in [-0.05, 0) is 30.7 Å². The normalized spacial score (nSPS) is 18.2. The van der Waals surface area contributed by atoms with Gasteiger partial charge in [0.25, 0.3) is 0 Å². The van der Waals surface area contributed by atoms with E-state index >= 15 is 0 Å². The molecular weight excluding hydrogens is 236 g/mol. The van der Waals surface area contributed by atoms with E-state index < -0.39 is 0 Å². The van der Waals surface area contributed by atoms with E-state index in [0.29, 0.717) is 11.7 Å². The van der Waals surface area contributed by atoms with Gasteiger partial charge in [0, 0.05) is 25.6 Å². The minimum atomic E-state index is 0.0917. The molecule has 2 rings (SSSR count). The standard InChI is InChI=1S/C17H24O2/c1-2-6-16(15-7-4-3-5-8-15)17(18)13-14-9-11-19-12-10-14/h3-5,7-8,14,16H,2,6,9-13H2,1H3. The number of carbonyl (C=O) groups is 1. The van der Waals surface area contributed by atoms with Crippen molar-refractivity contribution in [1.29, 1.82) is 0 Å². The molecule has 0 saturated carbocycles. The van der Waals surface area contributed by atoms with Crippen molar-refractivity contribution in [3.05, 3.63) is 35.9 Å². The maximum atomic E-state index is 12.6. The summed E-state index contributed by atoms with van der Waals surface area (Å²) in [5.74, 6) is 1.04. The van der Waals surface area contributed by atoms with Gasteiger partial charge in [-0.3, -0.25) is 4.79 Å². The lowest BCUT2D eigenvalue weighted by Gasteiger charge is -2.24. The first kappa shape index (κ1) is 14.3. The fourth-order valence-electron chi connectivity index (χ4n) is 2.86. The molecule has 1 atom stereocenters. The van der Waals surface area contributed by atoms with Gasteiger partial charge >= 0.3 is 0 Å². The monoisotopic (exact) mass is 260 g/mol. The van der Waals surface area contributed by atoms with Gasteiger partial charge in [-0.25, -0.2) is 0 Å². The SMILES string of the molecule is CCCC(C(=O)CC1CCOCC1)c1ccccc1. The molecule has 0 aromatic heterocycles. The van der Waals surface area contributed by atoms with Crippen LogP contribution in [0.25, 0.3) is 0 Å². The van der Waals surface area contributed by atoms with Gasteiger partial charge in [0.1, 0.15) is 5.78 Å². The van der Waals surface area contributed by atoms with Gasteiger partial charge < -0.3 is 4.74 Å². The van der Waals surface area contributed by atoms with Crippen molar-refractivity contribution in [2.45, 2.75) is 44.9 Å². The van der Waals surface area contributed by atoms with Crippen LogP contribution in [0, 0.1) is 5.92 Å². The Labute approximate surface area is 116 Å². The number of ketones is 1. The predicted octanol–water partition coefficient (Wildman–Crippen LogP) is 3.96. The van der Waals surface area contributed by atoms with Crippen LogP contribution in [0.4, 0.5) is 0 Å². The van der Waals surface area contributed by atoms with E-state index in [2.05, 4.69) is 19.1 Å². The second kappa shape index (κ2) is 7.44. The number of hydrogen-bond acceptors (Lipinski definition) is 2. The van der Waals surface area contributed by atoms with Crippen LogP contribution in [0.3, 0.4) is 0 Å². The highest BCUT2D eigenvalue weighted by Gasteiger charge is 2.24. The maximum absolute atomic E-state index is 12.6. The lowest BCUT2D eigenvalue weighted by atomic mass is 9.84. The molecule has 1 aromatic rings. The Balaban J connectivity index is 1.99. The van der Waals surface area contributed by atoms with Crippen LogP contribution in [0.2, 0.25) is 0 Å². The van der Waals surface area contributed by atoms with Gasteiger partial charge in [0.15, 0.2) is 0 Å². The Hall–Kier alpha value is -1.15. The maximum Gasteiger partial charge on any atom is 0.140 e. The first-order valence-corrected chi connectivity index (χ1v) is 7.46. The van der Waals surface area contributed by atoms with Crippen LogP contribution >= 0.6 is 0 Å². The average Bonchev–Trinajstić information content (AvgIpc) is 2.46. The van der Waals surface area contributed by atoms with Crippen molar-refractivity contribution in [2.75, 3.05) is 13.2 Å². The van der Waals surface area contributed by atoms with Gasteiger partial charge in [0.2, 0.25) is 0 Å². The Kier molecular flexibility index (Phi) is 5.59. The fourth-order valence-corrected chi connectivity index (χ4v) is 2.86. The van der Waals surface area contributed by atoms with Crippen molar-refractivity contribution < 1.29 is 9.53 Å². The predicted molar refractivity (Wildman–Crippen MR) is 77.3 cm³/mol. The summed E-state index contributed by atoms with van der Waals surface area (Å²) in [4.78, 5) is 12.6. The van der Waals surface area contributed by atoms with E-state index in [0.717, 1.165) is 45.3 Å². The number of carbonyl (C=O) groups excluding carboxylic acids is 1. The summed E-state index contributed by atoms with van der Waals surface area (Å²) >= 11 is 0. The highest BCUT2D eigenvalue weighted by Crippen LogP contribution is 2.28. The van der Waals surface area contributed by atoms with Crippen LogP contribution in [-0.2, 0) is 9.53 Å². The molecule has 1 unspecified atom stereocenters. The quantitative estimate of drug-likeness (QED) is 0.774. The van der Waals surface area contributed by atoms with Crippen LogP contribution in [0.15, 0.2) is 30.3 Å². The second-order valence-electron chi connectivity index (χ2n) is 5.48. The minimum Gasteiger partial charge on any atom is -0.381 e. The Morgan fingerprint density at radius 3 is 2.58 bits per heavy atom. The van der Waals surface area contributed by atoms with Crippen molar-refractivity contribution in [3.63, 3.8) is 0 Å². The zero-order valence-corrected chi connectivity index (χ0v) is 11.8. The van der Waals surface area contributed by atoms with Gasteiger partial charge in [-0.1, -0.05) is 43.7 Å². The summed E-state index contributed by atoms with van der Waals surface area (Å²) in [5.41, 5.74) is 1.18. The first-order chi connectivity index (χ1) is 9.31. The molecule has 1 aliphatic rings. The van der Waals surface area contributed by atoms with Crippen LogP contribution in [0.1, 0.15) is 50.5 Å². The van der Waals surface area contributed by atoms with Crippen LogP contribution < -0.4 is 0 Å². The lowest BCUT2D eigenvalue weighted by Crippen LogP contribution is -2.22. The van der Waals surface area contributed by atoms with Crippen molar-refractivity contribution >= 4 is 5.78 Å². The largest absolute Gasteiger partial charge is 0.381 e. The Bertz CT molecular complexity index is 380. The van der Waals surface area contributed by atoms with Gasteiger partial charge in [-0.2, -0.15) is 0 Å². The van der Waals surface area contributed by atoms with E-state index in [1.165, 1.54) is 5.56 Å². The van der Waals surface area contributed by atoms with Gasteiger partial charge in [-0.15, -0.1) is 0 Å². The van der Waals surface area contributed by atoms with E-state index in [1.807, 2.05) is 18.2 Å². The smallest absolute Gasteiger partial charge is 0.140 e. The van der Waals surface area contributed by atoms with Gasteiger partial charge in [0.05, 0.1) is 0 Å². The van der Waals surface area contributed by atoms with E-state index in [-0.39, 0.29) is 5.92 Å². The van der Waals surface area contributed by atoms with E-state index in [1.54, 1.807) is 0 Å². The third-order valence-corrected chi connectivity index (χ3v) is 4.00. The number of ether oxygens (including phenoxy) is 1. The molecule has 1 saturated heterocycles. The highest BCUT2D eigenvalue weighted by atomic mass is 16.5. The molecule has 1 aromatic carbocycles. The molecule has 0 bridgehead atoms. The summed E-state index contributed by atoms with van der Waals surface area (Å²) in [7, 11) is 0. The number of Topliss-reactive ketones (excluding diaryl/α,β-unsaturated/α-hetero) is 1. The third kappa shape index (κ3) is 4.17. The molecule has 1 heterocycles. The molecular formula is C17H24O2. The highest BCUT2D eigenvalue weighted by molar-refractivity contribution is 5.85. The van der Waals surface area contributed by atoms with E-state index in [9.17, 15) is 4.79 Å². The minimum absolute atomic E-state index is 0.0917. The summed E-state index contributed by atoms with van der Waals surface area (Å²) in [5, 5.41) is 0. The van der Waals surface area contributed by atoms with Crippen LogP contribution in [0.5, 0.6) is 0 Å². The van der Waals surface area contributed by atoms with E-state index in [4.69, 9.17) is 4.74 Å². The Morgan fingerprint density at radius 1 is 1.26 bits per heavy atom. The topological polar surface area (TPSA) is 26.3 Å². The number of rotatable bonds is 6. The molecule has 1 fully saturated rings. The first-order valence-electron chi connectivity index (χ1n) is 7.46. The lowest BCUT2D eigenvalue weighted by molar-refractivity contribution is -0.122. The summed E-state index contributed by atoms with van der Waals surface area (Å²) in [6.45, 7) is 3.79. The van der Waals surface area contributed by atoms with Crippen molar-refractivity contribution in [1.82, 2.24) is 0 Å². The summed E-state index contributed by atoms with van der Waals surface area (Å²) < 4.78 is 5.36. The fraction of sp³-hybridized carbons (Fsp3) is 0.588. The zero-order chi connectivity index (χ0) is 13.5. The van der Waals surface area contributed by atoms with Crippen LogP contribution in [-0.4, -0.2) is 19.0 Å². The molecule has 0 radical (unpaired) electrons. The third-order valence-electron chi connectivity index (χ3n) is 4.00. The summed E-state index contributed by atoms with van der Waals surface area (Å²) in [6, 6.07) is 10.2. The molecule has 0 spiro atoms. The molecule has 2 heteroatoms. The molecule has 0 N–H and O–H groups in total. The molecule has 1 aliphatic heterocycles. The van der Waals surface area contributed by atoms with Crippen molar-refractivity contribution in [3.8, 4) is 0 Å². The molecule has 19 heavy (non-hydrogen) atoms.